The third kappa shape index (κ3) is 4.67. The molecule has 0 saturated carbocycles. The molecule has 1 rings (SSSR count). The van der Waals surface area contributed by atoms with Crippen LogP contribution in [0, 0.1) is 12.3 Å². The topological polar surface area (TPSA) is 12.0 Å². The first-order valence-corrected chi connectivity index (χ1v) is 6.53. The highest BCUT2D eigenvalue weighted by molar-refractivity contribution is 8.00. The SMILES string of the molecule is C#CCNCC(C)Sc1cc(Cl)ccc1Cl. The van der Waals surface area contributed by atoms with Crippen molar-refractivity contribution in [2.45, 2.75) is 17.1 Å². The summed E-state index contributed by atoms with van der Waals surface area (Å²) in [5, 5.41) is 4.99. The van der Waals surface area contributed by atoms with Gasteiger partial charge in [-0.25, -0.2) is 0 Å². The predicted octanol–water partition coefficient (Wildman–Crippen LogP) is 3.70. The summed E-state index contributed by atoms with van der Waals surface area (Å²) in [5.41, 5.74) is 0. The minimum atomic E-state index is 0.393. The molecule has 0 aliphatic heterocycles. The predicted molar refractivity (Wildman–Crippen MR) is 73.5 cm³/mol. The van der Waals surface area contributed by atoms with Crippen molar-refractivity contribution in [3.05, 3.63) is 28.2 Å². The van der Waals surface area contributed by atoms with Crippen molar-refractivity contribution in [3.8, 4) is 12.3 Å². The Hall–Kier alpha value is -0.330. The molecule has 86 valence electrons. The number of thioether (sulfide) groups is 1. The number of hydrogen-bond acceptors (Lipinski definition) is 2. The summed E-state index contributed by atoms with van der Waals surface area (Å²) in [7, 11) is 0. The highest BCUT2D eigenvalue weighted by Gasteiger charge is 2.07. The lowest BCUT2D eigenvalue weighted by Gasteiger charge is -2.12. The minimum Gasteiger partial charge on any atom is -0.305 e. The molecule has 1 aromatic carbocycles. The maximum Gasteiger partial charge on any atom is 0.0574 e. The fourth-order valence-corrected chi connectivity index (χ4v) is 2.67. The standard InChI is InChI=1S/C12H13Cl2NS/c1-3-6-15-8-9(2)16-12-7-10(13)4-5-11(12)14/h1,4-5,7,9,15H,6,8H2,2H3. The van der Waals surface area contributed by atoms with E-state index >= 15 is 0 Å². The van der Waals surface area contributed by atoms with Crippen molar-refractivity contribution < 1.29 is 0 Å². The molecule has 0 bridgehead atoms. The second kappa shape index (κ2) is 7.09. The van der Waals surface area contributed by atoms with Crippen molar-refractivity contribution in [3.63, 3.8) is 0 Å². The van der Waals surface area contributed by atoms with Crippen molar-refractivity contribution in [2.24, 2.45) is 0 Å². The molecule has 1 nitrogen and oxygen atoms in total. The van der Waals surface area contributed by atoms with Crippen molar-refractivity contribution >= 4 is 35.0 Å². The molecule has 0 radical (unpaired) electrons. The van der Waals surface area contributed by atoms with Crippen molar-refractivity contribution in [2.75, 3.05) is 13.1 Å². The third-order valence-electron chi connectivity index (χ3n) is 1.88. The van der Waals surface area contributed by atoms with Crippen LogP contribution in [0.3, 0.4) is 0 Å². The van der Waals surface area contributed by atoms with Gasteiger partial charge < -0.3 is 5.32 Å². The van der Waals surface area contributed by atoms with Gasteiger partial charge in [0, 0.05) is 21.7 Å². The monoisotopic (exact) mass is 273 g/mol. The van der Waals surface area contributed by atoms with Crippen LogP contribution in [0.5, 0.6) is 0 Å². The van der Waals surface area contributed by atoms with E-state index in [2.05, 4.69) is 18.2 Å². The fraction of sp³-hybridized carbons (Fsp3) is 0.333. The summed E-state index contributed by atoms with van der Waals surface area (Å²) in [6, 6.07) is 5.48. The van der Waals surface area contributed by atoms with Crippen LogP contribution in [0.2, 0.25) is 10.0 Å². The van der Waals surface area contributed by atoms with E-state index in [1.165, 1.54) is 0 Å². The molecule has 1 aromatic rings. The lowest BCUT2D eigenvalue weighted by atomic mass is 10.4. The Morgan fingerprint density at radius 2 is 2.25 bits per heavy atom. The smallest absolute Gasteiger partial charge is 0.0574 e. The maximum absolute atomic E-state index is 6.07. The van der Waals surface area contributed by atoms with Gasteiger partial charge in [-0.05, 0) is 18.2 Å². The van der Waals surface area contributed by atoms with E-state index in [1.807, 2.05) is 12.1 Å². The van der Waals surface area contributed by atoms with E-state index in [0.29, 0.717) is 16.8 Å². The number of halogens is 2. The van der Waals surface area contributed by atoms with Crippen LogP contribution < -0.4 is 5.32 Å². The van der Waals surface area contributed by atoms with Gasteiger partial charge in [-0.15, -0.1) is 18.2 Å². The molecule has 1 N–H and O–H groups in total. The minimum absolute atomic E-state index is 0.393. The van der Waals surface area contributed by atoms with E-state index in [4.69, 9.17) is 29.6 Å². The zero-order valence-corrected chi connectivity index (χ0v) is 11.3. The van der Waals surface area contributed by atoms with E-state index in [0.717, 1.165) is 16.5 Å². The molecule has 0 spiro atoms. The highest BCUT2D eigenvalue weighted by Crippen LogP contribution is 2.32. The van der Waals surface area contributed by atoms with Crippen LogP contribution in [-0.2, 0) is 0 Å². The maximum atomic E-state index is 6.07. The average Bonchev–Trinajstić information content (AvgIpc) is 2.24. The first-order valence-electron chi connectivity index (χ1n) is 4.89. The Balaban J connectivity index is 2.52. The molecule has 0 aliphatic rings. The van der Waals surface area contributed by atoms with E-state index in [9.17, 15) is 0 Å². The summed E-state index contributed by atoms with van der Waals surface area (Å²) >= 11 is 13.7. The van der Waals surface area contributed by atoms with Gasteiger partial charge in [0.15, 0.2) is 0 Å². The van der Waals surface area contributed by atoms with Gasteiger partial charge in [0.05, 0.1) is 11.6 Å². The zero-order chi connectivity index (χ0) is 12.0. The Bertz CT molecular complexity index is 387. The summed E-state index contributed by atoms with van der Waals surface area (Å²) in [4.78, 5) is 1.00. The molecule has 1 unspecified atom stereocenters. The van der Waals surface area contributed by atoms with Gasteiger partial charge in [0.2, 0.25) is 0 Å². The van der Waals surface area contributed by atoms with Crippen LogP contribution in [0.15, 0.2) is 23.1 Å². The Labute approximate surface area is 111 Å². The largest absolute Gasteiger partial charge is 0.305 e. The van der Waals surface area contributed by atoms with Crippen LogP contribution in [0.1, 0.15) is 6.92 Å². The fourth-order valence-electron chi connectivity index (χ4n) is 1.17. The van der Waals surface area contributed by atoms with Gasteiger partial charge in [-0.1, -0.05) is 36.0 Å². The van der Waals surface area contributed by atoms with Gasteiger partial charge in [-0.3, -0.25) is 0 Å². The second-order valence-electron chi connectivity index (χ2n) is 3.34. The molecule has 0 saturated heterocycles. The normalized spacial score (nSPS) is 12.1. The quantitative estimate of drug-likeness (QED) is 0.499. The number of terminal acetylenes is 1. The molecule has 0 aromatic heterocycles. The van der Waals surface area contributed by atoms with Gasteiger partial charge in [-0.2, -0.15) is 0 Å². The van der Waals surface area contributed by atoms with Crippen LogP contribution in [-0.4, -0.2) is 18.3 Å². The summed E-state index contributed by atoms with van der Waals surface area (Å²) in [5.74, 6) is 2.54. The number of benzene rings is 1. The van der Waals surface area contributed by atoms with Crippen LogP contribution in [0.25, 0.3) is 0 Å². The number of nitrogens with one attached hydrogen (secondary N) is 1. The van der Waals surface area contributed by atoms with Gasteiger partial charge >= 0.3 is 0 Å². The molecule has 0 aliphatic carbocycles. The summed E-state index contributed by atoms with van der Waals surface area (Å²) < 4.78 is 0. The summed E-state index contributed by atoms with van der Waals surface area (Å²) in [6.45, 7) is 3.55. The van der Waals surface area contributed by atoms with Gasteiger partial charge in [0.25, 0.3) is 0 Å². The van der Waals surface area contributed by atoms with E-state index in [-0.39, 0.29) is 0 Å². The molecular weight excluding hydrogens is 261 g/mol. The molecule has 0 amide bonds. The molecular formula is C12H13Cl2NS. The van der Waals surface area contributed by atoms with Crippen molar-refractivity contribution in [1.82, 2.24) is 5.32 Å². The first kappa shape index (κ1) is 13.7. The third-order valence-corrected chi connectivity index (χ3v) is 3.72. The number of hydrogen-bond donors (Lipinski definition) is 1. The molecule has 0 heterocycles. The zero-order valence-electron chi connectivity index (χ0n) is 8.97. The van der Waals surface area contributed by atoms with Crippen molar-refractivity contribution in [1.29, 1.82) is 0 Å². The van der Waals surface area contributed by atoms with Gasteiger partial charge in [0.1, 0.15) is 0 Å². The molecule has 16 heavy (non-hydrogen) atoms. The molecule has 0 fully saturated rings. The Morgan fingerprint density at radius 3 is 2.94 bits per heavy atom. The Kier molecular flexibility index (Phi) is 6.08. The number of rotatable bonds is 5. The summed E-state index contributed by atoms with van der Waals surface area (Å²) in [6.07, 6.45) is 5.15. The first-order chi connectivity index (χ1) is 7.63. The highest BCUT2D eigenvalue weighted by atomic mass is 35.5. The molecule has 1 atom stereocenters. The van der Waals surface area contributed by atoms with Crippen LogP contribution in [0.4, 0.5) is 0 Å². The molecule has 4 heteroatoms. The van der Waals surface area contributed by atoms with E-state index < -0.39 is 0 Å². The lowest BCUT2D eigenvalue weighted by Crippen LogP contribution is -2.22. The average molecular weight is 274 g/mol. The van der Waals surface area contributed by atoms with Crippen LogP contribution >= 0.6 is 35.0 Å². The van der Waals surface area contributed by atoms with E-state index in [1.54, 1.807) is 17.8 Å². The lowest BCUT2D eigenvalue weighted by molar-refractivity contribution is 0.748. The Morgan fingerprint density at radius 1 is 1.50 bits per heavy atom. The second-order valence-corrected chi connectivity index (χ2v) is 5.66.